The highest BCUT2D eigenvalue weighted by atomic mass is 15.3. The molecule has 1 saturated carbocycles. The molecule has 0 aromatic carbocycles. The van der Waals surface area contributed by atoms with Crippen LogP contribution in [-0.4, -0.2) is 46.4 Å². The zero-order chi connectivity index (χ0) is 11.7. The van der Waals surface area contributed by atoms with E-state index in [2.05, 4.69) is 21.4 Å². The number of aromatic nitrogens is 2. The molecule has 1 unspecified atom stereocenters. The highest BCUT2D eigenvalue weighted by molar-refractivity contribution is 5.01. The molecule has 1 aromatic rings. The van der Waals surface area contributed by atoms with Crippen molar-refractivity contribution in [2.45, 2.75) is 37.8 Å². The number of hydrogen-bond donors (Lipinski definition) is 1. The molecular formula is C13H22N4. The van der Waals surface area contributed by atoms with E-state index < -0.39 is 0 Å². The molecular weight excluding hydrogens is 212 g/mol. The largest absolute Gasteiger partial charge is 0.310 e. The second kappa shape index (κ2) is 4.78. The molecule has 1 atom stereocenters. The molecule has 2 heterocycles. The van der Waals surface area contributed by atoms with Crippen molar-refractivity contribution in [3.05, 3.63) is 18.0 Å². The van der Waals surface area contributed by atoms with Crippen molar-refractivity contribution in [1.82, 2.24) is 20.0 Å². The zero-order valence-electron chi connectivity index (χ0n) is 10.6. The Hall–Kier alpha value is -0.870. The summed E-state index contributed by atoms with van der Waals surface area (Å²) < 4.78 is 1.98. The SMILES string of the molecule is Cn1nccc1CCN1CCC(NC2CC2)C1. The van der Waals surface area contributed by atoms with Gasteiger partial charge in [-0.15, -0.1) is 0 Å². The van der Waals surface area contributed by atoms with E-state index in [9.17, 15) is 0 Å². The normalized spacial score (nSPS) is 25.6. The Labute approximate surface area is 103 Å². The first-order chi connectivity index (χ1) is 8.31. The molecule has 1 aliphatic carbocycles. The number of nitrogens with one attached hydrogen (secondary N) is 1. The summed E-state index contributed by atoms with van der Waals surface area (Å²) in [6.45, 7) is 3.65. The van der Waals surface area contributed by atoms with Crippen LogP contribution < -0.4 is 5.32 Å². The Kier molecular flexibility index (Phi) is 3.16. The van der Waals surface area contributed by atoms with Crippen molar-refractivity contribution in [3.8, 4) is 0 Å². The smallest absolute Gasteiger partial charge is 0.0492 e. The summed E-state index contributed by atoms with van der Waals surface area (Å²) in [6.07, 6.45) is 7.11. The van der Waals surface area contributed by atoms with Crippen molar-refractivity contribution in [1.29, 1.82) is 0 Å². The second-order valence-corrected chi connectivity index (χ2v) is 5.42. The Bertz CT molecular complexity index is 369. The van der Waals surface area contributed by atoms with Crippen molar-refractivity contribution in [3.63, 3.8) is 0 Å². The number of rotatable bonds is 5. The maximum absolute atomic E-state index is 4.21. The van der Waals surface area contributed by atoms with E-state index in [0.29, 0.717) is 0 Å². The van der Waals surface area contributed by atoms with Gasteiger partial charge in [-0.3, -0.25) is 4.68 Å². The first kappa shape index (κ1) is 11.2. The molecule has 0 amide bonds. The number of likely N-dealkylation sites (tertiary alicyclic amines) is 1. The molecule has 4 heteroatoms. The second-order valence-electron chi connectivity index (χ2n) is 5.42. The standard InChI is InChI=1S/C13H22N4/c1-16-13(4-7-14-16)6-9-17-8-5-12(10-17)15-11-2-3-11/h4,7,11-12,15H,2-3,5-6,8-10H2,1H3. The van der Waals surface area contributed by atoms with Crippen LogP contribution in [0.2, 0.25) is 0 Å². The predicted molar refractivity (Wildman–Crippen MR) is 67.9 cm³/mol. The lowest BCUT2D eigenvalue weighted by Crippen LogP contribution is -2.34. The summed E-state index contributed by atoms with van der Waals surface area (Å²) in [5.41, 5.74) is 1.34. The van der Waals surface area contributed by atoms with Gasteiger partial charge in [0.1, 0.15) is 0 Å². The van der Waals surface area contributed by atoms with E-state index in [4.69, 9.17) is 0 Å². The average Bonchev–Trinajstić information content (AvgIpc) is 2.85. The molecule has 94 valence electrons. The molecule has 0 radical (unpaired) electrons. The van der Waals surface area contributed by atoms with Crippen LogP contribution in [0.3, 0.4) is 0 Å². The van der Waals surface area contributed by atoms with Crippen LogP contribution >= 0.6 is 0 Å². The molecule has 17 heavy (non-hydrogen) atoms. The lowest BCUT2D eigenvalue weighted by Gasteiger charge is -2.16. The summed E-state index contributed by atoms with van der Waals surface area (Å²) in [5.74, 6) is 0. The highest BCUT2D eigenvalue weighted by Gasteiger charge is 2.28. The van der Waals surface area contributed by atoms with E-state index in [-0.39, 0.29) is 0 Å². The summed E-state index contributed by atoms with van der Waals surface area (Å²) in [4.78, 5) is 2.58. The van der Waals surface area contributed by atoms with Gasteiger partial charge in [0, 0.05) is 50.5 Å². The van der Waals surface area contributed by atoms with Gasteiger partial charge in [0.25, 0.3) is 0 Å². The fraction of sp³-hybridized carbons (Fsp3) is 0.769. The van der Waals surface area contributed by atoms with Crippen molar-refractivity contribution >= 4 is 0 Å². The number of nitrogens with zero attached hydrogens (tertiary/aromatic N) is 3. The Morgan fingerprint density at radius 2 is 2.24 bits per heavy atom. The molecule has 1 saturated heterocycles. The minimum atomic E-state index is 0.744. The lowest BCUT2D eigenvalue weighted by molar-refractivity contribution is 0.328. The third-order valence-electron chi connectivity index (χ3n) is 3.93. The van der Waals surface area contributed by atoms with Crippen LogP contribution in [-0.2, 0) is 13.5 Å². The third-order valence-corrected chi connectivity index (χ3v) is 3.93. The molecule has 2 fully saturated rings. The van der Waals surface area contributed by atoms with E-state index in [1.807, 2.05) is 17.9 Å². The highest BCUT2D eigenvalue weighted by Crippen LogP contribution is 2.21. The van der Waals surface area contributed by atoms with E-state index in [1.54, 1.807) is 0 Å². The van der Waals surface area contributed by atoms with Gasteiger partial charge in [-0.1, -0.05) is 0 Å². The van der Waals surface area contributed by atoms with Crippen LogP contribution in [0.5, 0.6) is 0 Å². The quantitative estimate of drug-likeness (QED) is 0.817. The third kappa shape index (κ3) is 2.87. The van der Waals surface area contributed by atoms with E-state index in [1.165, 1.54) is 44.6 Å². The van der Waals surface area contributed by atoms with Crippen LogP contribution in [0.1, 0.15) is 25.0 Å². The van der Waals surface area contributed by atoms with Crippen LogP contribution in [0.4, 0.5) is 0 Å². The van der Waals surface area contributed by atoms with Crippen LogP contribution in [0, 0.1) is 0 Å². The van der Waals surface area contributed by atoms with E-state index in [0.717, 1.165) is 18.5 Å². The minimum absolute atomic E-state index is 0.744. The van der Waals surface area contributed by atoms with Gasteiger partial charge in [-0.25, -0.2) is 0 Å². The van der Waals surface area contributed by atoms with Crippen LogP contribution in [0.15, 0.2) is 12.3 Å². The minimum Gasteiger partial charge on any atom is -0.310 e. The van der Waals surface area contributed by atoms with Gasteiger partial charge in [-0.2, -0.15) is 5.10 Å². The zero-order valence-corrected chi connectivity index (χ0v) is 10.6. The molecule has 0 bridgehead atoms. The molecule has 3 rings (SSSR count). The Morgan fingerprint density at radius 3 is 2.94 bits per heavy atom. The number of hydrogen-bond acceptors (Lipinski definition) is 3. The maximum Gasteiger partial charge on any atom is 0.0492 e. The Balaban J connectivity index is 1.42. The molecule has 4 nitrogen and oxygen atoms in total. The lowest BCUT2D eigenvalue weighted by atomic mass is 10.2. The summed E-state index contributed by atoms with van der Waals surface area (Å²) >= 11 is 0. The molecule has 1 aromatic heterocycles. The fourth-order valence-corrected chi connectivity index (χ4v) is 2.67. The average molecular weight is 234 g/mol. The van der Waals surface area contributed by atoms with Gasteiger partial charge < -0.3 is 10.2 Å². The van der Waals surface area contributed by atoms with E-state index >= 15 is 0 Å². The van der Waals surface area contributed by atoms with Gasteiger partial charge >= 0.3 is 0 Å². The van der Waals surface area contributed by atoms with Crippen LogP contribution in [0.25, 0.3) is 0 Å². The van der Waals surface area contributed by atoms with Gasteiger partial charge in [0.05, 0.1) is 0 Å². The monoisotopic (exact) mass is 234 g/mol. The summed E-state index contributed by atoms with van der Waals surface area (Å²) in [7, 11) is 2.02. The topological polar surface area (TPSA) is 33.1 Å². The maximum atomic E-state index is 4.21. The van der Waals surface area contributed by atoms with Gasteiger partial charge in [-0.05, 0) is 31.9 Å². The fourth-order valence-electron chi connectivity index (χ4n) is 2.67. The first-order valence-electron chi connectivity index (χ1n) is 6.76. The van der Waals surface area contributed by atoms with Crippen molar-refractivity contribution in [2.75, 3.05) is 19.6 Å². The molecule has 0 spiro atoms. The molecule has 1 aliphatic heterocycles. The molecule has 1 N–H and O–H groups in total. The van der Waals surface area contributed by atoms with Gasteiger partial charge in [0.2, 0.25) is 0 Å². The predicted octanol–water partition coefficient (Wildman–Crippen LogP) is 0.789. The van der Waals surface area contributed by atoms with Crippen molar-refractivity contribution < 1.29 is 0 Å². The number of aryl methyl sites for hydroxylation is 1. The molecule has 2 aliphatic rings. The first-order valence-corrected chi connectivity index (χ1v) is 6.76. The summed E-state index contributed by atoms with van der Waals surface area (Å²) in [6, 6.07) is 3.71. The van der Waals surface area contributed by atoms with Gasteiger partial charge in [0.15, 0.2) is 0 Å². The summed E-state index contributed by atoms with van der Waals surface area (Å²) in [5, 5.41) is 7.94. The van der Waals surface area contributed by atoms with Crippen molar-refractivity contribution in [2.24, 2.45) is 7.05 Å². The Morgan fingerprint density at radius 1 is 1.35 bits per heavy atom.